The minimum Gasteiger partial charge on any atom is -0.480 e. The molecule has 0 saturated heterocycles. The van der Waals surface area contributed by atoms with Crippen molar-refractivity contribution in [2.75, 3.05) is 5.75 Å². The largest absolute Gasteiger partial charge is 0.480 e. The highest BCUT2D eigenvalue weighted by atomic mass is 32.2. The van der Waals surface area contributed by atoms with E-state index in [0.717, 1.165) is 11.8 Å². The van der Waals surface area contributed by atoms with Gasteiger partial charge in [0.1, 0.15) is 11.6 Å². The maximum absolute atomic E-state index is 11.0. The fraction of sp³-hybridized carbons (Fsp3) is 0.500. The third-order valence-electron chi connectivity index (χ3n) is 3.05. The number of nitrogens with two attached hydrogens (primary N) is 1. The quantitative estimate of drug-likeness (QED) is 0.317. The van der Waals surface area contributed by atoms with E-state index in [2.05, 4.69) is 6.58 Å². The summed E-state index contributed by atoms with van der Waals surface area (Å²) in [5, 5.41) is 37.0. The Morgan fingerprint density at radius 1 is 1.50 bits per heavy atom. The van der Waals surface area contributed by atoms with Gasteiger partial charge in [-0.3, -0.25) is 4.79 Å². The molecule has 0 spiro atoms. The van der Waals surface area contributed by atoms with Gasteiger partial charge in [0.2, 0.25) is 0 Å². The summed E-state index contributed by atoms with van der Waals surface area (Å²) in [6, 6.07) is -1.13. The van der Waals surface area contributed by atoms with Crippen LogP contribution in [0.4, 0.5) is 0 Å². The number of carbonyl (C=O) groups is 2. The first-order valence-corrected chi connectivity index (χ1v) is 6.85. The average Bonchev–Trinajstić information content (AvgIpc) is 2.38. The molecule has 0 radical (unpaired) electrons. The smallest absolute Gasteiger partial charge is 0.334 e. The molecule has 3 unspecified atom stereocenters. The van der Waals surface area contributed by atoms with Gasteiger partial charge in [-0.2, -0.15) is 11.8 Å². The predicted octanol–water partition coefficient (Wildman–Crippen LogP) is -0.807. The van der Waals surface area contributed by atoms with Gasteiger partial charge in [0.05, 0.1) is 11.7 Å². The van der Waals surface area contributed by atoms with Crippen LogP contribution in [0.25, 0.3) is 0 Å². The molecule has 1 rings (SSSR count). The van der Waals surface area contributed by atoms with Crippen LogP contribution in [0.1, 0.15) is 6.42 Å². The zero-order chi connectivity index (χ0) is 15.5. The Morgan fingerprint density at radius 3 is 2.60 bits per heavy atom. The first kappa shape index (κ1) is 16.7. The van der Waals surface area contributed by atoms with Gasteiger partial charge in [-0.25, -0.2) is 4.79 Å². The second kappa shape index (κ2) is 6.40. The van der Waals surface area contributed by atoms with Gasteiger partial charge in [0.25, 0.3) is 0 Å². The second-order valence-electron chi connectivity index (χ2n) is 4.54. The van der Waals surface area contributed by atoms with Gasteiger partial charge in [-0.15, -0.1) is 0 Å². The van der Waals surface area contributed by atoms with Crippen molar-refractivity contribution in [3.05, 3.63) is 24.3 Å². The minimum absolute atomic E-state index is 0.0181. The van der Waals surface area contributed by atoms with Crippen molar-refractivity contribution in [1.29, 1.82) is 0 Å². The molecule has 0 fully saturated rings. The molecule has 0 saturated carbocycles. The van der Waals surface area contributed by atoms with Crippen molar-refractivity contribution in [2.24, 2.45) is 5.73 Å². The molecule has 112 valence electrons. The molecule has 20 heavy (non-hydrogen) atoms. The third kappa shape index (κ3) is 3.60. The Kier molecular flexibility index (Phi) is 5.35. The van der Waals surface area contributed by atoms with Gasteiger partial charge < -0.3 is 26.2 Å². The van der Waals surface area contributed by atoms with Crippen LogP contribution < -0.4 is 5.73 Å². The van der Waals surface area contributed by atoms with E-state index in [9.17, 15) is 19.8 Å². The van der Waals surface area contributed by atoms with Crippen molar-refractivity contribution in [3.63, 3.8) is 0 Å². The van der Waals surface area contributed by atoms with Crippen LogP contribution in [0.5, 0.6) is 0 Å². The lowest BCUT2D eigenvalue weighted by molar-refractivity contribution is -0.138. The molecule has 8 heteroatoms. The summed E-state index contributed by atoms with van der Waals surface area (Å²) >= 11 is 0.999. The molecule has 0 aliphatic heterocycles. The Morgan fingerprint density at radius 2 is 2.10 bits per heavy atom. The fourth-order valence-corrected chi connectivity index (χ4v) is 3.19. The zero-order valence-electron chi connectivity index (χ0n) is 10.6. The van der Waals surface area contributed by atoms with Crippen molar-refractivity contribution < 1.29 is 30.0 Å². The molecule has 6 N–H and O–H groups in total. The number of carboxylic acid groups (broad SMARTS) is 2. The normalized spacial score (nSPS) is 30.8. The summed E-state index contributed by atoms with van der Waals surface area (Å²) in [5.74, 6) is -2.57. The van der Waals surface area contributed by atoms with Crippen LogP contribution in [0.3, 0.4) is 0 Å². The van der Waals surface area contributed by atoms with E-state index < -0.39 is 40.5 Å². The predicted molar refractivity (Wildman–Crippen MR) is 73.3 cm³/mol. The molecule has 1 aliphatic rings. The molecule has 4 atom stereocenters. The number of aliphatic hydroxyl groups excluding tert-OH is 1. The topological polar surface area (TPSA) is 141 Å². The molecule has 0 heterocycles. The fourth-order valence-electron chi connectivity index (χ4n) is 1.80. The maximum Gasteiger partial charge on any atom is 0.334 e. The number of thioether (sulfide) groups is 1. The first-order valence-electron chi connectivity index (χ1n) is 5.81. The first-order chi connectivity index (χ1) is 9.18. The summed E-state index contributed by atoms with van der Waals surface area (Å²) < 4.78 is 0. The van der Waals surface area contributed by atoms with Gasteiger partial charge in [-0.1, -0.05) is 12.7 Å². The summed E-state index contributed by atoms with van der Waals surface area (Å²) in [5.41, 5.74) is 3.10. The molecule has 0 amide bonds. The second-order valence-corrected chi connectivity index (χ2v) is 5.77. The van der Waals surface area contributed by atoms with E-state index in [4.69, 9.17) is 15.9 Å². The maximum atomic E-state index is 11.0. The highest BCUT2D eigenvalue weighted by Gasteiger charge is 2.43. The molecular weight excluding hydrogens is 286 g/mol. The standard InChI is InChI=1S/C12H17NO6S/c1-6(10(15)16)12(19)3-2-7(14)4-9(12)20-5-8(13)11(17)18/h2-3,7-9,14,19H,1,4-5,13H2,(H,15,16)(H,17,18)/t7?,8-,9?,12?/m0/s1. The van der Waals surface area contributed by atoms with Gasteiger partial charge in [-0.05, 0) is 12.5 Å². The number of aliphatic carboxylic acids is 2. The number of carboxylic acids is 2. The molecular formula is C12H17NO6S. The Bertz CT molecular complexity index is 451. The van der Waals surface area contributed by atoms with E-state index in [1.165, 1.54) is 12.2 Å². The van der Waals surface area contributed by atoms with Gasteiger partial charge in [0.15, 0.2) is 0 Å². The molecule has 0 bridgehead atoms. The van der Waals surface area contributed by atoms with Crippen molar-refractivity contribution >= 4 is 23.7 Å². The van der Waals surface area contributed by atoms with Crippen LogP contribution in [0, 0.1) is 0 Å². The molecule has 0 aromatic rings. The summed E-state index contributed by atoms with van der Waals surface area (Å²) in [4.78, 5) is 21.7. The number of hydrogen-bond donors (Lipinski definition) is 5. The number of rotatable bonds is 6. The van der Waals surface area contributed by atoms with Crippen LogP contribution in [-0.4, -0.2) is 61.1 Å². The van der Waals surface area contributed by atoms with Gasteiger partial charge >= 0.3 is 11.9 Å². The van der Waals surface area contributed by atoms with Crippen LogP contribution in [0.2, 0.25) is 0 Å². The number of aliphatic hydroxyl groups is 2. The lowest BCUT2D eigenvalue weighted by Crippen LogP contribution is -2.47. The monoisotopic (exact) mass is 303 g/mol. The van der Waals surface area contributed by atoms with Crippen LogP contribution >= 0.6 is 11.8 Å². The van der Waals surface area contributed by atoms with Crippen molar-refractivity contribution in [1.82, 2.24) is 0 Å². The highest BCUT2D eigenvalue weighted by molar-refractivity contribution is 8.00. The van der Waals surface area contributed by atoms with E-state index in [-0.39, 0.29) is 12.2 Å². The van der Waals surface area contributed by atoms with Gasteiger partial charge in [0, 0.05) is 11.0 Å². The molecule has 0 aromatic carbocycles. The van der Waals surface area contributed by atoms with Crippen LogP contribution in [-0.2, 0) is 9.59 Å². The van der Waals surface area contributed by atoms with E-state index in [1.807, 2.05) is 0 Å². The summed E-state index contributed by atoms with van der Waals surface area (Å²) in [7, 11) is 0. The zero-order valence-corrected chi connectivity index (χ0v) is 11.4. The Hall–Kier alpha value is -1.35. The molecule has 7 nitrogen and oxygen atoms in total. The Labute approximate surface area is 119 Å². The highest BCUT2D eigenvalue weighted by Crippen LogP contribution is 2.37. The van der Waals surface area contributed by atoms with Crippen molar-refractivity contribution in [3.8, 4) is 0 Å². The van der Waals surface area contributed by atoms with E-state index in [1.54, 1.807) is 0 Å². The molecule has 1 aliphatic carbocycles. The summed E-state index contributed by atoms with van der Waals surface area (Å²) in [6.07, 6.45) is 1.72. The number of hydrogen-bond acceptors (Lipinski definition) is 6. The van der Waals surface area contributed by atoms with Crippen LogP contribution in [0.15, 0.2) is 24.3 Å². The minimum atomic E-state index is -1.84. The summed E-state index contributed by atoms with van der Waals surface area (Å²) in [6.45, 7) is 3.34. The lowest BCUT2D eigenvalue weighted by Gasteiger charge is -2.37. The SMILES string of the molecule is C=C(C(=O)O)C1(O)C=CC(O)CC1SC[C@H](N)C(=O)O. The average molecular weight is 303 g/mol. The van der Waals surface area contributed by atoms with E-state index >= 15 is 0 Å². The third-order valence-corrected chi connectivity index (χ3v) is 4.56. The molecule has 0 aromatic heterocycles. The lowest BCUT2D eigenvalue weighted by atomic mass is 9.83. The van der Waals surface area contributed by atoms with Crippen molar-refractivity contribution in [2.45, 2.75) is 29.4 Å². The van der Waals surface area contributed by atoms with E-state index in [0.29, 0.717) is 0 Å². The Balaban J connectivity index is 2.89.